The Kier molecular flexibility index (Phi) is 6.07. The number of H-pyrrole nitrogens is 1. The lowest BCUT2D eigenvalue weighted by atomic mass is 10.2. The monoisotopic (exact) mass is 272 g/mol. The van der Waals surface area contributed by atoms with E-state index < -0.39 is 0 Å². The summed E-state index contributed by atoms with van der Waals surface area (Å²) in [6.07, 6.45) is 0.142. The highest BCUT2D eigenvalue weighted by atomic mass is 32.1. The standard InChI is InChI=1S/C12H20N2O3S/c1-4-14(5-2)8-10-9(13-12(16)18-10)7-11(15)17-6-3/h4-8H2,1-3H3,(H,13,16). The van der Waals surface area contributed by atoms with Gasteiger partial charge in [0.25, 0.3) is 0 Å². The molecule has 0 spiro atoms. The number of nitrogens with zero attached hydrogens (tertiary/aromatic N) is 1. The highest BCUT2D eigenvalue weighted by Crippen LogP contribution is 2.13. The number of nitrogens with one attached hydrogen (secondary N) is 1. The molecule has 0 aromatic carbocycles. The molecule has 0 atom stereocenters. The summed E-state index contributed by atoms with van der Waals surface area (Å²) < 4.78 is 4.90. The van der Waals surface area contributed by atoms with E-state index in [2.05, 4.69) is 23.7 Å². The Morgan fingerprint density at radius 1 is 1.33 bits per heavy atom. The van der Waals surface area contributed by atoms with Gasteiger partial charge < -0.3 is 9.72 Å². The van der Waals surface area contributed by atoms with Gasteiger partial charge in [-0.15, -0.1) is 0 Å². The molecular weight excluding hydrogens is 252 g/mol. The predicted molar refractivity (Wildman–Crippen MR) is 71.9 cm³/mol. The van der Waals surface area contributed by atoms with Crippen molar-refractivity contribution >= 4 is 17.3 Å². The van der Waals surface area contributed by atoms with Gasteiger partial charge in [0.1, 0.15) is 0 Å². The molecule has 0 fully saturated rings. The number of ether oxygens (including phenoxy) is 1. The molecule has 0 bridgehead atoms. The Bertz CT molecular complexity index is 435. The molecule has 0 unspecified atom stereocenters. The summed E-state index contributed by atoms with van der Waals surface area (Å²) >= 11 is 1.17. The van der Waals surface area contributed by atoms with Gasteiger partial charge in [-0.2, -0.15) is 0 Å². The van der Waals surface area contributed by atoms with Gasteiger partial charge in [-0.1, -0.05) is 25.2 Å². The molecule has 1 heterocycles. The first kappa shape index (κ1) is 14.9. The van der Waals surface area contributed by atoms with E-state index in [0.717, 1.165) is 18.0 Å². The van der Waals surface area contributed by atoms with Crippen molar-refractivity contribution in [2.24, 2.45) is 0 Å². The molecule has 0 aliphatic heterocycles. The van der Waals surface area contributed by atoms with E-state index in [1.807, 2.05) is 0 Å². The van der Waals surface area contributed by atoms with Crippen molar-refractivity contribution in [1.82, 2.24) is 9.88 Å². The third-order valence-electron chi connectivity index (χ3n) is 2.69. The van der Waals surface area contributed by atoms with Crippen molar-refractivity contribution in [3.8, 4) is 0 Å². The zero-order chi connectivity index (χ0) is 13.5. The number of esters is 1. The van der Waals surface area contributed by atoms with E-state index in [-0.39, 0.29) is 17.3 Å². The number of rotatable bonds is 7. The van der Waals surface area contributed by atoms with Gasteiger partial charge in [-0.05, 0) is 20.0 Å². The average molecular weight is 272 g/mol. The van der Waals surface area contributed by atoms with Crippen LogP contribution < -0.4 is 4.87 Å². The second kappa shape index (κ2) is 7.33. The van der Waals surface area contributed by atoms with Crippen LogP contribution in [0.4, 0.5) is 0 Å². The van der Waals surface area contributed by atoms with Gasteiger partial charge in [0.05, 0.1) is 13.0 Å². The van der Waals surface area contributed by atoms with Crippen LogP contribution in [0.2, 0.25) is 0 Å². The minimum absolute atomic E-state index is 0.114. The fraction of sp³-hybridized carbons (Fsp3) is 0.667. The van der Waals surface area contributed by atoms with E-state index in [4.69, 9.17) is 4.74 Å². The number of thiazole rings is 1. The molecule has 0 aliphatic rings. The highest BCUT2D eigenvalue weighted by molar-refractivity contribution is 7.09. The number of aromatic amines is 1. The third-order valence-corrected chi connectivity index (χ3v) is 3.60. The smallest absolute Gasteiger partial charge is 0.311 e. The van der Waals surface area contributed by atoms with Gasteiger partial charge in [-0.3, -0.25) is 14.5 Å². The van der Waals surface area contributed by atoms with Crippen LogP contribution in [0.3, 0.4) is 0 Å². The topological polar surface area (TPSA) is 62.4 Å². The van der Waals surface area contributed by atoms with Crippen molar-refractivity contribution in [2.75, 3.05) is 19.7 Å². The van der Waals surface area contributed by atoms with Gasteiger partial charge in [0.2, 0.25) is 0 Å². The molecule has 0 radical (unpaired) electrons. The van der Waals surface area contributed by atoms with Crippen molar-refractivity contribution in [1.29, 1.82) is 0 Å². The van der Waals surface area contributed by atoms with Gasteiger partial charge in [0, 0.05) is 17.1 Å². The molecule has 102 valence electrons. The summed E-state index contributed by atoms with van der Waals surface area (Å²) in [7, 11) is 0. The molecular formula is C12H20N2O3S. The van der Waals surface area contributed by atoms with Crippen molar-refractivity contribution in [2.45, 2.75) is 33.7 Å². The van der Waals surface area contributed by atoms with Crippen molar-refractivity contribution in [3.63, 3.8) is 0 Å². The number of aromatic nitrogens is 1. The van der Waals surface area contributed by atoms with E-state index in [1.165, 1.54) is 11.3 Å². The summed E-state index contributed by atoms with van der Waals surface area (Å²) in [4.78, 5) is 28.6. The molecule has 0 saturated carbocycles. The summed E-state index contributed by atoms with van der Waals surface area (Å²) in [6.45, 7) is 8.81. The maximum atomic E-state index is 11.4. The maximum absolute atomic E-state index is 11.4. The summed E-state index contributed by atoms with van der Waals surface area (Å²) in [5.41, 5.74) is 0.690. The van der Waals surface area contributed by atoms with Crippen LogP contribution >= 0.6 is 11.3 Å². The Labute approximate surface area is 111 Å². The van der Waals surface area contributed by atoms with Crippen molar-refractivity contribution in [3.05, 3.63) is 20.2 Å². The Morgan fingerprint density at radius 3 is 2.56 bits per heavy atom. The van der Waals surface area contributed by atoms with Crippen LogP contribution in [0, 0.1) is 0 Å². The number of hydrogen-bond donors (Lipinski definition) is 1. The van der Waals surface area contributed by atoms with Crippen LogP contribution in [0.25, 0.3) is 0 Å². The molecule has 18 heavy (non-hydrogen) atoms. The predicted octanol–water partition coefficient (Wildman–Crippen LogP) is 1.38. The second-order valence-electron chi connectivity index (χ2n) is 3.86. The number of carbonyl (C=O) groups is 1. The SMILES string of the molecule is CCOC(=O)Cc1[nH]c(=O)sc1CN(CC)CC. The first-order chi connectivity index (χ1) is 8.60. The maximum Gasteiger partial charge on any atom is 0.311 e. The van der Waals surface area contributed by atoms with Gasteiger partial charge in [0.15, 0.2) is 0 Å². The molecule has 5 nitrogen and oxygen atoms in total. The molecule has 1 aromatic rings. The van der Waals surface area contributed by atoms with Crippen LogP contribution in [0.1, 0.15) is 31.3 Å². The van der Waals surface area contributed by atoms with Crippen LogP contribution in [0.5, 0.6) is 0 Å². The van der Waals surface area contributed by atoms with E-state index in [0.29, 0.717) is 18.8 Å². The second-order valence-corrected chi connectivity index (χ2v) is 4.93. The fourth-order valence-electron chi connectivity index (χ4n) is 1.67. The fourth-order valence-corrected chi connectivity index (χ4v) is 2.56. The zero-order valence-corrected chi connectivity index (χ0v) is 11.9. The van der Waals surface area contributed by atoms with Crippen LogP contribution in [-0.2, 0) is 22.5 Å². The summed E-state index contributed by atoms with van der Waals surface area (Å²) in [6, 6.07) is 0. The third kappa shape index (κ3) is 4.27. The largest absolute Gasteiger partial charge is 0.466 e. The molecule has 1 rings (SSSR count). The molecule has 1 aromatic heterocycles. The summed E-state index contributed by atoms with van der Waals surface area (Å²) in [5, 5.41) is 0. The lowest BCUT2D eigenvalue weighted by Crippen LogP contribution is -2.22. The number of hydrogen-bond acceptors (Lipinski definition) is 5. The quantitative estimate of drug-likeness (QED) is 0.762. The van der Waals surface area contributed by atoms with Crippen molar-refractivity contribution < 1.29 is 9.53 Å². The highest BCUT2D eigenvalue weighted by Gasteiger charge is 2.14. The van der Waals surface area contributed by atoms with Gasteiger partial charge >= 0.3 is 10.8 Å². The number of carbonyl (C=O) groups excluding carboxylic acids is 1. The molecule has 6 heteroatoms. The molecule has 0 saturated heterocycles. The minimum atomic E-state index is -0.299. The van der Waals surface area contributed by atoms with E-state index >= 15 is 0 Å². The normalized spacial score (nSPS) is 10.9. The Morgan fingerprint density at radius 2 is 2.00 bits per heavy atom. The molecule has 0 amide bonds. The Hall–Kier alpha value is -1.14. The lowest BCUT2D eigenvalue weighted by Gasteiger charge is -2.17. The average Bonchev–Trinajstić information content (AvgIpc) is 2.66. The molecule has 0 aliphatic carbocycles. The van der Waals surface area contributed by atoms with E-state index in [9.17, 15) is 9.59 Å². The summed E-state index contributed by atoms with van der Waals surface area (Å²) in [5.74, 6) is -0.299. The lowest BCUT2D eigenvalue weighted by molar-refractivity contribution is -0.142. The zero-order valence-electron chi connectivity index (χ0n) is 11.1. The first-order valence-electron chi connectivity index (χ1n) is 6.19. The Balaban J connectivity index is 2.79. The van der Waals surface area contributed by atoms with Crippen LogP contribution in [-0.4, -0.2) is 35.5 Å². The van der Waals surface area contributed by atoms with Gasteiger partial charge in [-0.25, -0.2) is 0 Å². The van der Waals surface area contributed by atoms with E-state index in [1.54, 1.807) is 6.92 Å². The van der Waals surface area contributed by atoms with Crippen LogP contribution in [0.15, 0.2) is 4.79 Å². The first-order valence-corrected chi connectivity index (χ1v) is 7.01. The molecule has 1 N–H and O–H groups in total. The minimum Gasteiger partial charge on any atom is -0.466 e.